The van der Waals surface area contributed by atoms with Gasteiger partial charge < -0.3 is 20.3 Å². The maximum Gasteiger partial charge on any atom is 0.356 e. The predicted octanol–water partition coefficient (Wildman–Crippen LogP) is 1.17. The van der Waals surface area contributed by atoms with E-state index >= 15 is 0 Å². The third-order valence-electron chi connectivity index (χ3n) is 10.0. The number of thioether (sulfide) groups is 2. The van der Waals surface area contributed by atoms with Gasteiger partial charge in [-0.15, -0.1) is 16.9 Å². The lowest BCUT2D eigenvalue weighted by Gasteiger charge is -2.57. The Hall–Kier alpha value is -6.54. The van der Waals surface area contributed by atoms with Crippen LogP contribution in [0.5, 0.6) is 0 Å². The number of nitrogens with zero attached hydrogens (tertiary/aromatic N) is 8. The van der Waals surface area contributed by atoms with Gasteiger partial charge in [0.2, 0.25) is 23.6 Å². The van der Waals surface area contributed by atoms with Crippen molar-refractivity contribution in [3.63, 3.8) is 0 Å². The van der Waals surface area contributed by atoms with Gasteiger partial charge >= 0.3 is 17.8 Å². The molecular weight excluding hydrogens is 801 g/mol. The predicted molar refractivity (Wildman–Crippen MR) is 212 cm³/mol. The number of ether oxygens (including phenoxy) is 1. The highest BCUT2D eigenvalue weighted by Gasteiger charge is 2.66. The molecule has 6 amide bonds. The lowest BCUT2D eigenvalue weighted by molar-refractivity contribution is -0.178. The Labute approximate surface area is 346 Å². The van der Waals surface area contributed by atoms with Gasteiger partial charge in [0.15, 0.2) is 12.1 Å². The van der Waals surface area contributed by atoms with E-state index in [-0.39, 0.29) is 55.2 Å². The van der Waals surface area contributed by atoms with Gasteiger partial charge in [-0.3, -0.25) is 33.7 Å². The first-order chi connectivity index (χ1) is 28.6. The summed E-state index contributed by atoms with van der Waals surface area (Å²) in [5.41, 5.74) is -0.0988. The zero-order chi connectivity index (χ0) is 41.7. The number of carbonyl (C=O) groups is 7. The topological polar surface area (TPSA) is 209 Å². The van der Waals surface area contributed by atoms with Crippen LogP contribution in [0.2, 0.25) is 0 Å². The number of piperazine rings is 1. The van der Waals surface area contributed by atoms with Crippen LogP contribution in [0.25, 0.3) is 0 Å². The molecule has 4 heterocycles. The van der Waals surface area contributed by atoms with Crippen molar-refractivity contribution in [2.24, 2.45) is 7.05 Å². The van der Waals surface area contributed by atoms with Crippen molar-refractivity contribution >= 4 is 65.9 Å². The van der Waals surface area contributed by atoms with E-state index in [2.05, 4.69) is 26.2 Å². The zero-order valence-electron chi connectivity index (χ0n) is 31.7. The Bertz CT molecular complexity index is 2240. The van der Waals surface area contributed by atoms with Crippen LogP contribution in [0.4, 0.5) is 0 Å². The minimum absolute atomic E-state index is 0.0807. The Morgan fingerprint density at radius 3 is 2.14 bits per heavy atom. The molecule has 0 saturated carbocycles. The van der Waals surface area contributed by atoms with Gasteiger partial charge in [0.05, 0.1) is 6.54 Å². The number of hydrazine groups is 1. The van der Waals surface area contributed by atoms with Crippen LogP contribution in [0.15, 0.2) is 107 Å². The van der Waals surface area contributed by atoms with Crippen LogP contribution in [-0.4, -0.2) is 125 Å². The molecule has 0 bridgehead atoms. The van der Waals surface area contributed by atoms with Crippen molar-refractivity contribution in [1.29, 1.82) is 0 Å². The first kappa shape index (κ1) is 40.6. The summed E-state index contributed by atoms with van der Waals surface area (Å²) in [7, 11) is 1.66. The molecule has 1 unspecified atom stereocenters. The number of β-lactam (4-membered cyclic amide) rings is 1. The second-order valence-electron chi connectivity index (χ2n) is 13.4. The van der Waals surface area contributed by atoms with E-state index in [1.54, 1.807) is 44.3 Å². The summed E-state index contributed by atoms with van der Waals surface area (Å²) in [6.07, 6.45) is -0.352. The van der Waals surface area contributed by atoms with Crippen LogP contribution in [0.3, 0.4) is 0 Å². The maximum atomic E-state index is 14.7. The van der Waals surface area contributed by atoms with Gasteiger partial charge in [-0.2, -0.15) is 0 Å². The molecule has 1 aromatic heterocycles. The summed E-state index contributed by atoms with van der Waals surface area (Å²) in [6.45, 7) is 1.99. The molecular formula is C39H38N10O8S2. The van der Waals surface area contributed by atoms with Crippen molar-refractivity contribution < 1.29 is 38.3 Å². The summed E-state index contributed by atoms with van der Waals surface area (Å²) in [5.74, 6) is -4.20. The van der Waals surface area contributed by atoms with Crippen LogP contribution >= 0.6 is 23.5 Å². The minimum atomic E-state index is -2.12. The van der Waals surface area contributed by atoms with E-state index in [4.69, 9.17) is 4.74 Å². The molecule has 4 aromatic rings. The number of aryl methyl sites for hydroxylation is 1. The lowest BCUT2D eigenvalue weighted by Crippen LogP contribution is -2.85. The summed E-state index contributed by atoms with van der Waals surface area (Å²) in [5, 5.41) is 17.8. The van der Waals surface area contributed by atoms with Crippen molar-refractivity contribution in [3.8, 4) is 0 Å². The molecule has 2 N–H and O–H groups in total. The second kappa shape index (κ2) is 17.5. The number of nitrogens with one attached hydrogen (secondary N) is 2. The Morgan fingerprint density at radius 1 is 0.949 bits per heavy atom. The van der Waals surface area contributed by atoms with E-state index in [0.717, 1.165) is 10.0 Å². The van der Waals surface area contributed by atoms with Crippen molar-refractivity contribution in [1.82, 2.24) is 50.7 Å². The largest absolute Gasteiger partial charge is 0.448 e. The third-order valence-corrected chi connectivity index (χ3v) is 12.5. The van der Waals surface area contributed by atoms with Crippen LogP contribution < -0.4 is 10.6 Å². The molecule has 2 saturated heterocycles. The number of tetrazole rings is 1. The fourth-order valence-corrected chi connectivity index (χ4v) is 9.52. The minimum Gasteiger partial charge on any atom is -0.448 e. The van der Waals surface area contributed by atoms with E-state index in [1.807, 2.05) is 60.7 Å². The molecule has 3 aliphatic rings. The number of esters is 1. The lowest BCUT2D eigenvalue weighted by atomic mass is 9.93. The average Bonchev–Trinajstić information content (AvgIpc) is 3.69. The molecule has 2 fully saturated rings. The normalized spacial score (nSPS) is 19.5. The number of benzene rings is 3. The monoisotopic (exact) mass is 838 g/mol. The highest BCUT2D eigenvalue weighted by Crippen LogP contribution is 2.47. The quantitative estimate of drug-likeness (QED) is 0.0406. The Morgan fingerprint density at radius 2 is 1.58 bits per heavy atom. The van der Waals surface area contributed by atoms with Gasteiger partial charge in [0.1, 0.15) is 11.1 Å². The fraction of sp³-hybridized carbons (Fsp3) is 0.282. The van der Waals surface area contributed by atoms with Crippen molar-refractivity contribution in [2.45, 2.75) is 35.3 Å². The third kappa shape index (κ3) is 7.75. The van der Waals surface area contributed by atoms with E-state index in [1.165, 1.54) is 38.0 Å². The Balaban J connectivity index is 1.23. The van der Waals surface area contributed by atoms with Gasteiger partial charge in [0, 0.05) is 31.6 Å². The van der Waals surface area contributed by atoms with Crippen molar-refractivity contribution in [3.05, 3.63) is 119 Å². The smallest absolute Gasteiger partial charge is 0.356 e. The summed E-state index contributed by atoms with van der Waals surface area (Å²) in [4.78, 5) is 97.7. The molecule has 3 aromatic carbocycles. The highest BCUT2D eigenvalue weighted by molar-refractivity contribution is 8.01. The molecule has 304 valence electrons. The number of aromatic nitrogens is 4. The molecule has 3 atom stereocenters. The first-order valence-electron chi connectivity index (χ1n) is 18.4. The number of hydrogen-bond acceptors (Lipinski definition) is 13. The van der Waals surface area contributed by atoms with E-state index in [0.29, 0.717) is 21.9 Å². The van der Waals surface area contributed by atoms with Gasteiger partial charge in [0.25, 0.3) is 11.8 Å². The van der Waals surface area contributed by atoms with Gasteiger partial charge in [-0.05, 0) is 39.6 Å². The maximum absolute atomic E-state index is 14.7. The summed E-state index contributed by atoms with van der Waals surface area (Å²) >= 11 is 2.41. The molecule has 0 radical (unpaired) electrons. The number of carbonyl (C=O) groups excluding carboxylic acids is 7. The number of rotatable bonds is 16. The summed E-state index contributed by atoms with van der Waals surface area (Å²) < 4.78 is 7.72. The number of fused-ring (bicyclic) bond motifs is 1. The van der Waals surface area contributed by atoms with Gasteiger partial charge in [-0.25, -0.2) is 19.5 Å². The van der Waals surface area contributed by atoms with E-state index in [9.17, 15) is 33.6 Å². The fourth-order valence-electron chi connectivity index (χ4n) is 7.10. The second-order valence-corrected chi connectivity index (χ2v) is 15.5. The number of likely N-dealkylation sites (N-methyl/N-ethyl adjacent to an activating group) is 1. The molecule has 20 heteroatoms. The van der Waals surface area contributed by atoms with Gasteiger partial charge in [-0.1, -0.05) is 103 Å². The standard InChI is InChI=1S/C39H38N10O8S2/c1-3-46-19-20-47(34(54)33(46)53)48(24-51)29(25-13-7-4-8-14-25)32(52)41-39(40-23-50)36(56)49-30(28(21-58-37(39)49)22-59-38-42-43-44-45(38)2)35(55)57-31(26-15-9-5-10-16-26)27-17-11-6-12-18-27/h4-18,23-24,29,31,37H,3,19-22H2,1-2H3,(H,40,50)(H,41,52)/t29?,37-,39+/m0/s1. The van der Waals surface area contributed by atoms with Crippen molar-refractivity contribution in [2.75, 3.05) is 31.1 Å². The number of hydrogen-bond donors (Lipinski definition) is 2. The number of amides is 6. The summed E-state index contributed by atoms with van der Waals surface area (Å²) in [6, 6.07) is 24.6. The SMILES string of the molecule is CCN1CCN(N(C=O)C(C(=O)N[C@]2(NC=O)C(=O)N3C(C(=O)OC(c4ccccc4)c4ccccc4)=C(CSc4nnnn4C)CS[C@H]32)c2ccccc2)C(=O)C1=O. The first-order valence-corrected chi connectivity index (χ1v) is 20.4. The molecule has 59 heavy (non-hydrogen) atoms. The zero-order valence-corrected chi connectivity index (χ0v) is 33.4. The van der Waals surface area contributed by atoms with Crippen LogP contribution in [0.1, 0.15) is 35.8 Å². The molecule has 3 aliphatic heterocycles. The van der Waals surface area contributed by atoms with Crippen LogP contribution in [0, 0.1) is 0 Å². The average molecular weight is 839 g/mol. The van der Waals surface area contributed by atoms with Crippen LogP contribution in [-0.2, 0) is 45.3 Å². The molecule has 0 spiro atoms. The molecule has 18 nitrogen and oxygen atoms in total. The highest BCUT2D eigenvalue weighted by atomic mass is 32.2. The molecule has 7 rings (SSSR count). The van der Waals surface area contributed by atoms with E-state index < -0.39 is 52.8 Å². The Kier molecular flexibility index (Phi) is 12.1. The molecule has 0 aliphatic carbocycles.